The van der Waals surface area contributed by atoms with Gasteiger partial charge in [0.1, 0.15) is 5.75 Å². The van der Waals surface area contributed by atoms with E-state index >= 15 is 0 Å². The molecule has 0 N–H and O–H groups in total. The van der Waals surface area contributed by atoms with Gasteiger partial charge in [-0.05, 0) is 53.1 Å². The van der Waals surface area contributed by atoms with E-state index in [1.165, 1.54) is 34.2 Å². The minimum absolute atomic E-state index is 0.721. The van der Waals surface area contributed by atoms with Gasteiger partial charge in [-0.15, -0.1) is 0 Å². The lowest BCUT2D eigenvalue weighted by Crippen LogP contribution is -2.17. The number of nitrogens with zero attached hydrogens (tertiary/aromatic N) is 1. The molecule has 0 radical (unpaired) electrons. The summed E-state index contributed by atoms with van der Waals surface area (Å²) in [6.07, 6.45) is 5.58. The van der Waals surface area contributed by atoms with Gasteiger partial charge in [-0.1, -0.05) is 57.5 Å². The molecular weight excluding hydrogens is 318 g/mol. The average Bonchev–Trinajstić information content (AvgIpc) is 2.67. The molecule has 3 rings (SSSR count). The minimum Gasteiger partial charge on any atom is -0.493 e. The highest BCUT2D eigenvalue weighted by atomic mass is 16.5. The van der Waals surface area contributed by atoms with Gasteiger partial charge in [0, 0.05) is 25.4 Å². The minimum atomic E-state index is 0.721. The van der Waals surface area contributed by atoms with E-state index in [1.54, 1.807) is 0 Å². The van der Waals surface area contributed by atoms with Crippen LogP contribution in [0.1, 0.15) is 55.9 Å². The van der Waals surface area contributed by atoms with Crippen LogP contribution in [-0.2, 0) is 13.0 Å². The zero-order chi connectivity index (χ0) is 18.5. The van der Waals surface area contributed by atoms with Crippen LogP contribution in [0.3, 0.4) is 0 Å². The number of ether oxygens (including phenoxy) is 1. The van der Waals surface area contributed by atoms with Gasteiger partial charge in [-0.25, -0.2) is 0 Å². The van der Waals surface area contributed by atoms with Crippen molar-refractivity contribution in [2.75, 3.05) is 13.7 Å². The second kappa shape index (κ2) is 8.44. The van der Waals surface area contributed by atoms with Gasteiger partial charge in [0.05, 0.1) is 6.61 Å². The van der Waals surface area contributed by atoms with Crippen molar-refractivity contribution in [1.82, 2.24) is 4.90 Å². The van der Waals surface area contributed by atoms with Crippen LogP contribution in [0.5, 0.6) is 5.75 Å². The van der Waals surface area contributed by atoms with Crippen molar-refractivity contribution in [1.29, 1.82) is 0 Å². The fourth-order valence-electron chi connectivity index (χ4n) is 3.49. The lowest BCUT2D eigenvalue weighted by atomic mass is 9.91. The predicted octanol–water partition coefficient (Wildman–Crippen LogP) is 5.90. The molecule has 0 amide bonds. The molecule has 26 heavy (non-hydrogen) atoms. The molecule has 0 spiro atoms. The Bertz CT molecular complexity index is 778. The van der Waals surface area contributed by atoms with Crippen LogP contribution < -0.4 is 4.74 Å². The van der Waals surface area contributed by atoms with Crippen molar-refractivity contribution in [3.05, 3.63) is 70.9 Å². The maximum Gasteiger partial charge on any atom is 0.122 e. The Morgan fingerprint density at radius 3 is 2.69 bits per heavy atom. The molecule has 2 aromatic carbocycles. The van der Waals surface area contributed by atoms with E-state index in [2.05, 4.69) is 81.4 Å². The maximum absolute atomic E-state index is 6.10. The zero-order valence-corrected chi connectivity index (χ0v) is 16.6. The van der Waals surface area contributed by atoms with Crippen LogP contribution in [0.25, 0.3) is 5.57 Å². The topological polar surface area (TPSA) is 12.5 Å². The fraction of sp³-hybridized carbons (Fsp3) is 0.417. The van der Waals surface area contributed by atoms with E-state index in [-0.39, 0.29) is 0 Å². The van der Waals surface area contributed by atoms with Crippen LogP contribution in [0.4, 0.5) is 0 Å². The monoisotopic (exact) mass is 349 g/mol. The summed E-state index contributed by atoms with van der Waals surface area (Å²) in [5, 5.41) is 0. The summed E-state index contributed by atoms with van der Waals surface area (Å²) < 4.78 is 6.10. The zero-order valence-electron chi connectivity index (χ0n) is 16.6. The van der Waals surface area contributed by atoms with Crippen LogP contribution in [-0.4, -0.2) is 18.6 Å². The molecule has 2 heteroatoms. The van der Waals surface area contributed by atoms with Gasteiger partial charge >= 0.3 is 0 Å². The molecule has 0 bridgehead atoms. The third kappa shape index (κ3) is 4.12. The highest BCUT2D eigenvalue weighted by Gasteiger charge is 2.17. The van der Waals surface area contributed by atoms with E-state index in [0.717, 1.165) is 37.7 Å². The first-order valence-corrected chi connectivity index (χ1v) is 9.88. The van der Waals surface area contributed by atoms with Crippen LogP contribution in [0, 0.1) is 5.92 Å². The molecular formula is C24H31NO. The number of hydrogen-bond acceptors (Lipinski definition) is 2. The first kappa shape index (κ1) is 18.6. The molecule has 1 atom stereocenters. The molecule has 0 saturated heterocycles. The summed E-state index contributed by atoms with van der Waals surface area (Å²) in [5.74, 6) is 1.76. The highest BCUT2D eigenvalue weighted by molar-refractivity contribution is 5.82. The Balaban J connectivity index is 1.85. The second-order valence-corrected chi connectivity index (χ2v) is 7.44. The lowest BCUT2D eigenvalue weighted by Gasteiger charge is -2.26. The summed E-state index contributed by atoms with van der Waals surface area (Å²) in [6.45, 7) is 8.50. The smallest absolute Gasteiger partial charge is 0.122 e. The Labute approximate surface area is 158 Å². The van der Waals surface area contributed by atoms with E-state index in [1.807, 2.05) is 0 Å². The Kier molecular flexibility index (Phi) is 6.03. The molecule has 0 unspecified atom stereocenters. The van der Waals surface area contributed by atoms with Gasteiger partial charge in [0.15, 0.2) is 0 Å². The number of rotatable bonds is 7. The van der Waals surface area contributed by atoms with Crippen LogP contribution in [0.15, 0.2) is 48.7 Å². The van der Waals surface area contributed by atoms with Crippen molar-refractivity contribution >= 4 is 5.57 Å². The van der Waals surface area contributed by atoms with E-state index in [0.29, 0.717) is 0 Å². The van der Waals surface area contributed by atoms with E-state index < -0.39 is 0 Å². The van der Waals surface area contributed by atoms with Crippen molar-refractivity contribution in [3.8, 4) is 5.75 Å². The molecule has 0 fully saturated rings. The molecule has 0 aliphatic carbocycles. The SMILES string of the molecule is CCc1cc(C2=CN(C)Cc3ccccc32)ccc1OCC[C@H](C)CC. The van der Waals surface area contributed by atoms with Gasteiger partial charge in [0.2, 0.25) is 0 Å². The predicted molar refractivity (Wildman–Crippen MR) is 110 cm³/mol. The molecule has 0 aromatic heterocycles. The number of hydrogen-bond donors (Lipinski definition) is 0. The average molecular weight is 350 g/mol. The Morgan fingerprint density at radius 2 is 1.92 bits per heavy atom. The highest BCUT2D eigenvalue weighted by Crippen LogP contribution is 2.33. The standard InChI is InChI=1S/C24H31NO/c1-5-18(3)13-14-26-24-12-11-20(15-19(24)6-2)23-17-25(4)16-21-9-7-8-10-22(21)23/h7-12,15,17-18H,5-6,13-14,16H2,1-4H3/t18-/m1/s1. The van der Waals surface area contributed by atoms with Crippen LogP contribution >= 0.6 is 0 Å². The summed E-state index contributed by atoms with van der Waals surface area (Å²) in [5.41, 5.74) is 6.60. The Morgan fingerprint density at radius 1 is 1.12 bits per heavy atom. The van der Waals surface area contributed by atoms with Crippen LogP contribution in [0.2, 0.25) is 0 Å². The fourth-order valence-corrected chi connectivity index (χ4v) is 3.49. The van der Waals surface area contributed by atoms with Crippen molar-refractivity contribution in [2.45, 2.75) is 46.6 Å². The Hall–Kier alpha value is -2.22. The van der Waals surface area contributed by atoms with Gasteiger partial charge in [-0.2, -0.15) is 0 Å². The molecule has 1 heterocycles. The van der Waals surface area contributed by atoms with Crippen molar-refractivity contribution < 1.29 is 4.74 Å². The van der Waals surface area contributed by atoms with E-state index in [4.69, 9.17) is 4.74 Å². The van der Waals surface area contributed by atoms with Gasteiger partial charge in [-0.3, -0.25) is 0 Å². The molecule has 1 aliphatic heterocycles. The third-order valence-electron chi connectivity index (χ3n) is 5.39. The molecule has 2 nitrogen and oxygen atoms in total. The summed E-state index contributed by atoms with van der Waals surface area (Å²) in [4.78, 5) is 2.26. The number of aryl methyl sites for hydroxylation is 1. The number of fused-ring (bicyclic) bond motifs is 1. The van der Waals surface area contributed by atoms with Gasteiger partial charge < -0.3 is 9.64 Å². The van der Waals surface area contributed by atoms with Gasteiger partial charge in [0.25, 0.3) is 0 Å². The summed E-state index contributed by atoms with van der Waals surface area (Å²) in [7, 11) is 2.14. The maximum atomic E-state index is 6.10. The molecule has 138 valence electrons. The first-order chi connectivity index (χ1) is 12.6. The second-order valence-electron chi connectivity index (χ2n) is 7.44. The quantitative estimate of drug-likeness (QED) is 0.617. The molecule has 1 aliphatic rings. The van der Waals surface area contributed by atoms with E-state index in [9.17, 15) is 0 Å². The van der Waals surface area contributed by atoms with Crippen molar-refractivity contribution in [2.24, 2.45) is 5.92 Å². The third-order valence-corrected chi connectivity index (χ3v) is 5.39. The summed E-state index contributed by atoms with van der Waals surface area (Å²) in [6, 6.07) is 15.4. The number of benzene rings is 2. The molecule has 2 aromatic rings. The first-order valence-electron chi connectivity index (χ1n) is 9.88. The largest absolute Gasteiger partial charge is 0.493 e. The van der Waals surface area contributed by atoms with Crippen molar-refractivity contribution in [3.63, 3.8) is 0 Å². The molecule has 0 saturated carbocycles. The normalized spacial score (nSPS) is 14.6. The summed E-state index contributed by atoms with van der Waals surface area (Å²) >= 11 is 0. The lowest BCUT2D eigenvalue weighted by molar-refractivity contribution is 0.279.